The molecule has 4 heterocycles. The first kappa shape index (κ1) is 16.6. The van der Waals surface area contributed by atoms with Crippen molar-refractivity contribution < 1.29 is 25.2 Å². The molecule has 4 N–H and O–H groups in total. The molecule has 2 fully saturated rings. The van der Waals surface area contributed by atoms with Gasteiger partial charge in [0.1, 0.15) is 24.6 Å². The highest BCUT2D eigenvalue weighted by atomic mass is 16.6. The molecule has 0 aliphatic carbocycles. The summed E-state index contributed by atoms with van der Waals surface area (Å²) in [6, 6.07) is -0.00263. The van der Waals surface area contributed by atoms with Crippen molar-refractivity contribution in [3.63, 3.8) is 0 Å². The standard InChI is InChI=1S/C15H21N5O5/c21-4-8-2-1-3-19(8)13-10-14(17-6-16-13)20(7-18-10)15-12(24)11(23)9(5-22)25-15/h6-9,11-12,15,21-24H,1-5H2/t8-,9+,11?,12?,15+/m0/s1. The first-order valence-electron chi connectivity index (χ1n) is 8.33. The molecule has 0 aromatic carbocycles. The van der Waals surface area contributed by atoms with Crippen LogP contribution in [0.15, 0.2) is 12.7 Å². The van der Waals surface area contributed by atoms with E-state index in [1.807, 2.05) is 4.90 Å². The quantitative estimate of drug-likeness (QED) is 0.513. The topological polar surface area (TPSA) is 137 Å². The fourth-order valence-corrected chi connectivity index (χ4v) is 3.65. The lowest BCUT2D eigenvalue weighted by Gasteiger charge is -2.24. The predicted molar refractivity (Wildman–Crippen MR) is 85.8 cm³/mol. The molecule has 136 valence electrons. The van der Waals surface area contributed by atoms with Gasteiger partial charge in [-0.25, -0.2) is 15.0 Å². The molecule has 0 bridgehead atoms. The average molecular weight is 351 g/mol. The predicted octanol–water partition coefficient (Wildman–Crippen LogP) is -1.60. The molecule has 2 aromatic heterocycles. The first-order chi connectivity index (χ1) is 12.2. The molecule has 2 unspecified atom stereocenters. The van der Waals surface area contributed by atoms with Gasteiger partial charge in [-0.15, -0.1) is 0 Å². The van der Waals surface area contributed by atoms with Gasteiger partial charge < -0.3 is 30.1 Å². The minimum absolute atomic E-state index is 0.00263. The van der Waals surface area contributed by atoms with Crippen LogP contribution in [0.25, 0.3) is 11.2 Å². The monoisotopic (exact) mass is 351 g/mol. The Balaban J connectivity index is 1.72. The number of hydrogen-bond donors (Lipinski definition) is 4. The third kappa shape index (κ3) is 2.57. The SMILES string of the molecule is OC[C@@H]1CCCN1c1ncnc2c1ncn2[C@@H]1O[C@H](CO)C(O)C1O. The number of anilines is 1. The summed E-state index contributed by atoms with van der Waals surface area (Å²) >= 11 is 0. The summed E-state index contributed by atoms with van der Waals surface area (Å²) in [5, 5.41) is 39.0. The van der Waals surface area contributed by atoms with Gasteiger partial charge in [-0.3, -0.25) is 4.57 Å². The van der Waals surface area contributed by atoms with Crippen LogP contribution in [0.2, 0.25) is 0 Å². The Morgan fingerprint density at radius 3 is 2.68 bits per heavy atom. The Bertz CT molecular complexity index is 755. The molecule has 2 saturated heterocycles. The van der Waals surface area contributed by atoms with Gasteiger partial charge in [0, 0.05) is 6.54 Å². The summed E-state index contributed by atoms with van der Waals surface area (Å²) in [5.74, 6) is 0.632. The molecule has 0 spiro atoms. The van der Waals surface area contributed by atoms with Gasteiger partial charge in [-0.05, 0) is 12.8 Å². The van der Waals surface area contributed by atoms with E-state index in [0.717, 1.165) is 19.4 Å². The zero-order valence-corrected chi connectivity index (χ0v) is 13.5. The molecule has 10 nitrogen and oxygen atoms in total. The molecule has 0 amide bonds. The van der Waals surface area contributed by atoms with E-state index in [1.54, 1.807) is 0 Å². The van der Waals surface area contributed by atoms with E-state index in [-0.39, 0.29) is 12.6 Å². The lowest BCUT2D eigenvalue weighted by atomic mass is 10.1. The van der Waals surface area contributed by atoms with Crippen molar-refractivity contribution in [1.29, 1.82) is 0 Å². The number of nitrogens with zero attached hydrogens (tertiary/aromatic N) is 5. The van der Waals surface area contributed by atoms with Crippen molar-refractivity contribution in [2.24, 2.45) is 0 Å². The molecule has 2 aliphatic rings. The van der Waals surface area contributed by atoms with Gasteiger partial charge in [-0.1, -0.05) is 0 Å². The maximum absolute atomic E-state index is 10.2. The summed E-state index contributed by atoms with van der Waals surface area (Å²) in [7, 11) is 0. The number of ether oxygens (including phenoxy) is 1. The van der Waals surface area contributed by atoms with Crippen LogP contribution in [0.4, 0.5) is 5.82 Å². The van der Waals surface area contributed by atoms with E-state index in [4.69, 9.17) is 4.74 Å². The van der Waals surface area contributed by atoms with E-state index >= 15 is 0 Å². The van der Waals surface area contributed by atoms with E-state index in [0.29, 0.717) is 17.0 Å². The van der Waals surface area contributed by atoms with Crippen molar-refractivity contribution in [3.8, 4) is 0 Å². The van der Waals surface area contributed by atoms with Crippen molar-refractivity contribution in [2.45, 2.75) is 43.4 Å². The Hall–Kier alpha value is -1.85. The minimum atomic E-state index is -1.20. The molecule has 4 rings (SSSR count). The van der Waals surface area contributed by atoms with Crippen molar-refractivity contribution in [3.05, 3.63) is 12.7 Å². The zero-order valence-electron chi connectivity index (χ0n) is 13.5. The summed E-state index contributed by atoms with van der Waals surface area (Å²) in [4.78, 5) is 15.0. The molecule has 0 radical (unpaired) electrons. The summed E-state index contributed by atoms with van der Waals surface area (Å²) in [5.41, 5.74) is 1.00. The molecule has 2 aliphatic heterocycles. The average Bonchev–Trinajstić information content (AvgIpc) is 3.33. The van der Waals surface area contributed by atoms with Crippen LogP contribution in [-0.4, -0.2) is 84.1 Å². The zero-order chi connectivity index (χ0) is 17.6. The fraction of sp³-hybridized carbons (Fsp3) is 0.667. The Morgan fingerprint density at radius 1 is 1.12 bits per heavy atom. The maximum atomic E-state index is 10.2. The number of aliphatic hydroxyl groups excluding tert-OH is 4. The largest absolute Gasteiger partial charge is 0.394 e. The Morgan fingerprint density at radius 2 is 1.96 bits per heavy atom. The van der Waals surface area contributed by atoms with Crippen LogP contribution in [0.5, 0.6) is 0 Å². The van der Waals surface area contributed by atoms with Crippen molar-refractivity contribution in [1.82, 2.24) is 19.5 Å². The second kappa shape index (κ2) is 6.46. The Kier molecular flexibility index (Phi) is 4.29. The highest BCUT2D eigenvalue weighted by molar-refractivity contribution is 5.83. The lowest BCUT2D eigenvalue weighted by molar-refractivity contribution is -0.0511. The molecule has 0 saturated carbocycles. The number of aromatic nitrogens is 4. The van der Waals surface area contributed by atoms with E-state index < -0.39 is 31.1 Å². The number of fused-ring (bicyclic) bond motifs is 1. The minimum Gasteiger partial charge on any atom is -0.394 e. The summed E-state index contributed by atoms with van der Waals surface area (Å²) < 4.78 is 7.09. The third-order valence-electron chi connectivity index (χ3n) is 4.99. The second-order valence-corrected chi connectivity index (χ2v) is 6.42. The van der Waals surface area contributed by atoms with Crippen LogP contribution in [0.1, 0.15) is 19.1 Å². The number of imidazole rings is 1. The van der Waals surface area contributed by atoms with Gasteiger partial charge in [0.15, 0.2) is 23.2 Å². The molecule has 5 atom stereocenters. The smallest absolute Gasteiger partial charge is 0.167 e. The molecular formula is C15H21N5O5. The van der Waals surface area contributed by atoms with Crippen LogP contribution in [0.3, 0.4) is 0 Å². The summed E-state index contributed by atoms with van der Waals surface area (Å²) in [6.07, 6.45) is 0.584. The molecule has 25 heavy (non-hydrogen) atoms. The van der Waals surface area contributed by atoms with Crippen molar-refractivity contribution in [2.75, 3.05) is 24.7 Å². The van der Waals surface area contributed by atoms with Gasteiger partial charge in [0.2, 0.25) is 0 Å². The van der Waals surface area contributed by atoms with E-state index in [9.17, 15) is 20.4 Å². The molecule has 10 heteroatoms. The summed E-state index contributed by atoms with van der Waals surface area (Å²) in [6.45, 7) is 0.423. The number of aliphatic hydroxyl groups is 4. The molecule has 2 aromatic rings. The molecular weight excluding hydrogens is 330 g/mol. The van der Waals surface area contributed by atoms with Crippen LogP contribution in [-0.2, 0) is 4.74 Å². The van der Waals surface area contributed by atoms with E-state index in [1.165, 1.54) is 17.2 Å². The van der Waals surface area contributed by atoms with E-state index in [2.05, 4.69) is 15.0 Å². The van der Waals surface area contributed by atoms with Crippen molar-refractivity contribution >= 4 is 17.0 Å². The van der Waals surface area contributed by atoms with Gasteiger partial charge in [-0.2, -0.15) is 0 Å². The number of rotatable bonds is 4. The van der Waals surface area contributed by atoms with Gasteiger partial charge in [0.25, 0.3) is 0 Å². The second-order valence-electron chi connectivity index (χ2n) is 6.42. The van der Waals surface area contributed by atoms with Crippen LogP contribution in [0, 0.1) is 0 Å². The number of hydrogen-bond acceptors (Lipinski definition) is 9. The Labute approximate surface area is 143 Å². The maximum Gasteiger partial charge on any atom is 0.167 e. The van der Waals surface area contributed by atoms with Crippen LogP contribution < -0.4 is 4.90 Å². The lowest BCUT2D eigenvalue weighted by Crippen LogP contribution is -2.33. The van der Waals surface area contributed by atoms with Gasteiger partial charge in [0.05, 0.1) is 25.6 Å². The highest BCUT2D eigenvalue weighted by Crippen LogP contribution is 2.34. The van der Waals surface area contributed by atoms with Gasteiger partial charge >= 0.3 is 0 Å². The third-order valence-corrected chi connectivity index (χ3v) is 4.99. The highest BCUT2D eigenvalue weighted by Gasteiger charge is 2.44. The van der Waals surface area contributed by atoms with Crippen LogP contribution >= 0.6 is 0 Å². The fourth-order valence-electron chi connectivity index (χ4n) is 3.65. The normalized spacial score (nSPS) is 32.8. The first-order valence-corrected chi connectivity index (χ1v) is 8.33.